The molecule has 2 heterocycles. The summed E-state index contributed by atoms with van der Waals surface area (Å²) in [7, 11) is 1.82. The van der Waals surface area contributed by atoms with E-state index in [9.17, 15) is 0 Å². The van der Waals surface area contributed by atoms with Gasteiger partial charge in [0.2, 0.25) is 0 Å². The Morgan fingerprint density at radius 1 is 1.08 bits per heavy atom. The van der Waals surface area contributed by atoms with Gasteiger partial charge in [-0.05, 0) is 25.2 Å². The standard InChI is InChI=1S/C19H36N6.HI/c1-16(2)11-7-4-5-9-13-21-19(20-3)22-15-18-24-23-17-12-8-6-10-14-25(17)18;/h16H,4-15H2,1-3H3,(H2,20,21,22);1H. The molecule has 0 aliphatic carbocycles. The number of aliphatic imine (C=N–C) groups is 1. The zero-order valence-corrected chi connectivity index (χ0v) is 19.1. The van der Waals surface area contributed by atoms with Crippen LogP contribution >= 0.6 is 24.0 Å². The molecule has 26 heavy (non-hydrogen) atoms. The second-order valence-corrected chi connectivity index (χ2v) is 7.44. The van der Waals surface area contributed by atoms with Crippen LogP contribution in [0.3, 0.4) is 0 Å². The van der Waals surface area contributed by atoms with Crippen molar-refractivity contribution in [3.8, 4) is 0 Å². The van der Waals surface area contributed by atoms with Crippen LogP contribution in [0.25, 0.3) is 0 Å². The molecule has 0 saturated heterocycles. The number of hydrogen-bond donors (Lipinski definition) is 2. The minimum absolute atomic E-state index is 0. The van der Waals surface area contributed by atoms with Gasteiger partial charge in [-0.15, -0.1) is 34.2 Å². The van der Waals surface area contributed by atoms with E-state index in [0.717, 1.165) is 43.0 Å². The van der Waals surface area contributed by atoms with Crippen LogP contribution in [-0.4, -0.2) is 34.3 Å². The van der Waals surface area contributed by atoms with Gasteiger partial charge in [0.15, 0.2) is 11.8 Å². The highest BCUT2D eigenvalue weighted by Crippen LogP contribution is 2.14. The molecule has 0 amide bonds. The first-order valence-electron chi connectivity index (χ1n) is 10.1. The van der Waals surface area contributed by atoms with E-state index >= 15 is 0 Å². The Morgan fingerprint density at radius 2 is 1.88 bits per heavy atom. The summed E-state index contributed by atoms with van der Waals surface area (Å²) < 4.78 is 2.28. The van der Waals surface area contributed by atoms with Crippen molar-refractivity contribution in [3.05, 3.63) is 11.6 Å². The zero-order valence-electron chi connectivity index (χ0n) is 16.8. The van der Waals surface area contributed by atoms with Crippen molar-refractivity contribution in [2.45, 2.75) is 84.7 Å². The average molecular weight is 476 g/mol. The molecular weight excluding hydrogens is 439 g/mol. The monoisotopic (exact) mass is 476 g/mol. The van der Waals surface area contributed by atoms with Gasteiger partial charge in [-0.25, -0.2) is 0 Å². The van der Waals surface area contributed by atoms with E-state index in [4.69, 9.17) is 0 Å². The maximum absolute atomic E-state index is 4.36. The van der Waals surface area contributed by atoms with Crippen molar-refractivity contribution in [2.24, 2.45) is 10.9 Å². The highest BCUT2D eigenvalue weighted by atomic mass is 127. The molecule has 1 aliphatic rings. The minimum Gasteiger partial charge on any atom is -0.356 e. The lowest BCUT2D eigenvalue weighted by atomic mass is 10.0. The normalized spacial score (nSPS) is 14.5. The van der Waals surface area contributed by atoms with Crippen molar-refractivity contribution < 1.29 is 0 Å². The highest BCUT2D eigenvalue weighted by molar-refractivity contribution is 14.0. The molecule has 6 nitrogen and oxygen atoms in total. The van der Waals surface area contributed by atoms with E-state index in [2.05, 4.69) is 44.2 Å². The summed E-state index contributed by atoms with van der Waals surface area (Å²) in [6.45, 7) is 7.29. The Balaban J connectivity index is 0.00000338. The van der Waals surface area contributed by atoms with E-state index in [1.807, 2.05) is 7.05 Å². The Bertz CT molecular complexity index is 526. The first kappa shape index (κ1) is 23.2. The molecule has 0 unspecified atom stereocenters. The van der Waals surface area contributed by atoms with Gasteiger partial charge in [0.05, 0.1) is 6.54 Å². The molecule has 0 aromatic carbocycles. The topological polar surface area (TPSA) is 67.1 Å². The summed E-state index contributed by atoms with van der Waals surface area (Å²) >= 11 is 0. The Morgan fingerprint density at radius 3 is 2.65 bits per heavy atom. The van der Waals surface area contributed by atoms with Crippen molar-refractivity contribution >= 4 is 29.9 Å². The van der Waals surface area contributed by atoms with Gasteiger partial charge in [-0.3, -0.25) is 4.99 Å². The number of guanidine groups is 1. The second-order valence-electron chi connectivity index (χ2n) is 7.44. The summed E-state index contributed by atoms with van der Waals surface area (Å²) in [5.74, 6) is 3.84. The first-order valence-corrected chi connectivity index (χ1v) is 10.1. The lowest BCUT2D eigenvalue weighted by Crippen LogP contribution is -2.37. The number of rotatable bonds is 9. The third-order valence-electron chi connectivity index (χ3n) is 4.82. The maximum atomic E-state index is 4.36. The molecule has 0 atom stereocenters. The number of aryl methyl sites for hydroxylation is 1. The zero-order chi connectivity index (χ0) is 17.9. The lowest BCUT2D eigenvalue weighted by molar-refractivity contribution is 0.518. The van der Waals surface area contributed by atoms with Crippen molar-refractivity contribution in [2.75, 3.05) is 13.6 Å². The third-order valence-corrected chi connectivity index (χ3v) is 4.82. The largest absolute Gasteiger partial charge is 0.356 e. The average Bonchev–Trinajstić information content (AvgIpc) is 2.83. The fourth-order valence-electron chi connectivity index (χ4n) is 3.30. The molecule has 0 radical (unpaired) electrons. The summed E-state index contributed by atoms with van der Waals surface area (Å²) in [5.41, 5.74) is 0. The number of hydrogen-bond acceptors (Lipinski definition) is 3. The number of nitrogens with zero attached hydrogens (tertiary/aromatic N) is 4. The van der Waals surface area contributed by atoms with E-state index in [1.54, 1.807) is 0 Å². The van der Waals surface area contributed by atoms with Crippen LogP contribution in [0.1, 0.15) is 76.9 Å². The van der Waals surface area contributed by atoms with Gasteiger partial charge in [-0.1, -0.05) is 46.0 Å². The molecule has 0 saturated carbocycles. The second kappa shape index (κ2) is 13.3. The fourth-order valence-corrected chi connectivity index (χ4v) is 3.30. The number of fused-ring (bicyclic) bond motifs is 1. The van der Waals surface area contributed by atoms with Gasteiger partial charge in [0.25, 0.3) is 0 Å². The van der Waals surface area contributed by atoms with Crippen LogP contribution in [0.5, 0.6) is 0 Å². The minimum atomic E-state index is 0. The van der Waals surface area contributed by atoms with Crippen LogP contribution in [0.4, 0.5) is 0 Å². The molecule has 150 valence electrons. The number of aromatic nitrogens is 3. The number of unbranched alkanes of at least 4 members (excludes halogenated alkanes) is 3. The van der Waals surface area contributed by atoms with Gasteiger partial charge >= 0.3 is 0 Å². The van der Waals surface area contributed by atoms with E-state index < -0.39 is 0 Å². The molecule has 0 fully saturated rings. The van der Waals surface area contributed by atoms with E-state index in [1.165, 1.54) is 51.4 Å². The summed E-state index contributed by atoms with van der Waals surface area (Å²) in [6, 6.07) is 0. The fraction of sp³-hybridized carbons (Fsp3) is 0.842. The van der Waals surface area contributed by atoms with Crippen molar-refractivity contribution in [3.63, 3.8) is 0 Å². The van der Waals surface area contributed by atoms with Crippen LogP contribution < -0.4 is 10.6 Å². The van der Waals surface area contributed by atoms with E-state index in [-0.39, 0.29) is 24.0 Å². The van der Waals surface area contributed by atoms with Crippen LogP contribution in [0.15, 0.2) is 4.99 Å². The van der Waals surface area contributed by atoms with Crippen molar-refractivity contribution in [1.82, 2.24) is 25.4 Å². The lowest BCUT2D eigenvalue weighted by Gasteiger charge is -2.12. The van der Waals surface area contributed by atoms with Crippen LogP contribution in [0, 0.1) is 5.92 Å². The highest BCUT2D eigenvalue weighted by Gasteiger charge is 2.14. The number of nitrogens with one attached hydrogen (secondary N) is 2. The predicted molar refractivity (Wildman–Crippen MR) is 119 cm³/mol. The number of halogens is 1. The van der Waals surface area contributed by atoms with Gasteiger partial charge < -0.3 is 15.2 Å². The van der Waals surface area contributed by atoms with Gasteiger partial charge in [0.1, 0.15) is 5.82 Å². The molecule has 1 aromatic rings. The van der Waals surface area contributed by atoms with Gasteiger partial charge in [0, 0.05) is 26.6 Å². The molecule has 2 rings (SSSR count). The third kappa shape index (κ3) is 8.22. The molecule has 1 aliphatic heterocycles. The molecule has 7 heteroatoms. The Labute approximate surface area is 176 Å². The van der Waals surface area contributed by atoms with Gasteiger partial charge in [-0.2, -0.15) is 0 Å². The Kier molecular flexibility index (Phi) is 11.9. The molecule has 0 spiro atoms. The Hall–Kier alpha value is -0.860. The molecule has 2 N–H and O–H groups in total. The molecule has 0 bridgehead atoms. The molecular formula is C19H37IN6. The smallest absolute Gasteiger partial charge is 0.191 e. The summed E-state index contributed by atoms with van der Waals surface area (Å²) in [6.07, 6.45) is 11.3. The SMILES string of the molecule is CN=C(NCCCCCCC(C)C)NCc1nnc2n1CCCCC2.I. The van der Waals surface area contributed by atoms with Crippen LogP contribution in [-0.2, 0) is 19.5 Å². The van der Waals surface area contributed by atoms with E-state index in [0.29, 0.717) is 6.54 Å². The van der Waals surface area contributed by atoms with Crippen LogP contribution in [0.2, 0.25) is 0 Å². The quantitative estimate of drug-likeness (QED) is 0.246. The predicted octanol–water partition coefficient (Wildman–Crippen LogP) is 3.89. The van der Waals surface area contributed by atoms with Crippen molar-refractivity contribution in [1.29, 1.82) is 0 Å². The first-order chi connectivity index (χ1) is 12.2. The maximum Gasteiger partial charge on any atom is 0.191 e. The summed E-state index contributed by atoms with van der Waals surface area (Å²) in [4.78, 5) is 4.31. The molecule has 1 aromatic heterocycles. The summed E-state index contributed by atoms with van der Waals surface area (Å²) in [5, 5.41) is 15.5.